The lowest BCUT2D eigenvalue weighted by atomic mass is 9.32. The standard InChI is InChI=1S/C53H81N3O7/c1-34(33-56(32-31-55(13)14)46(61)63-48(5,6)7)37-21-27-53(45(60)54-30-24-42(57)58)29-28-51(11)39(43(37)53)19-20-41-50(10)25-22-38(49(8,9)40(50)23-26-52(41,51)12)35-15-17-36(18-16-35)44(59)62-47(2,3)4/h15-18,22,37,39-41,43H,1,19-21,23-33H2,2-14H3,(H,54,60)(H,57,58)/t37-,39+,40?,41+,43+,50-,51+,52+,53-/m0/s1. The van der Waals surface area contributed by atoms with Crippen molar-refractivity contribution in [3.8, 4) is 0 Å². The lowest BCUT2D eigenvalue weighted by molar-refractivity contribution is -0.225. The number of hydrogen-bond acceptors (Lipinski definition) is 7. The topological polar surface area (TPSA) is 125 Å². The molecular weight excluding hydrogens is 791 g/mol. The summed E-state index contributed by atoms with van der Waals surface area (Å²) in [6.07, 6.45) is 10.7. The largest absolute Gasteiger partial charge is 0.481 e. The van der Waals surface area contributed by atoms with Crippen molar-refractivity contribution in [3.63, 3.8) is 0 Å². The molecule has 10 nitrogen and oxygen atoms in total. The van der Waals surface area contributed by atoms with Crippen molar-refractivity contribution in [2.45, 2.75) is 152 Å². The smallest absolute Gasteiger partial charge is 0.410 e. The molecule has 1 unspecified atom stereocenters. The molecule has 4 fully saturated rings. The number of aliphatic carboxylic acids is 1. The van der Waals surface area contributed by atoms with Gasteiger partial charge in [-0.05, 0) is 188 Å². The van der Waals surface area contributed by atoms with E-state index in [1.54, 1.807) is 4.90 Å². The van der Waals surface area contributed by atoms with E-state index in [4.69, 9.17) is 16.1 Å². The van der Waals surface area contributed by atoms with Gasteiger partial charge in [0.05, 0.1) is 17.4 Å². The predicted octanol–water partition coefficient (Wildman–Crippen LogP) is 10.7. The quantitative estimate of drug-likeness (QED) is 0.157. The van der Waals surface area contributed by atoms with E-state index in [1.807, 2.05) is 67.8 Å². The lowest BCUT2D eigenvalue weighted by Gasteiger charge is -2.72. The number of ether oxygens (including phenoxy) is 2. The zero-order valence-electron chi connectivity index (χ0n) is 41.2. The molecule has 5 aliphatic carbocycles. The number of amides is 2. The van der Waals surface area contributed by atoms with Gasteiger partial charge < -0.3 is 29.7 Å². The SMILES string of the molecule is C=C(CN(CCN(C)C)C(=O)OC(C)(C)C)[C@@H]1CC[C@]2(C(=O)NCCC(=O)O)CC[C@]3(C)[C@H](CC[C@@H]4[C@@]5(C)CC=C(c6ccc(C(=O)OC(C)(C)C)cc6)C(C)(C)C5CC[C@]43C)[C@@H]12. The van der Waals surface area contributed by atoms with Gasteiger partial charge in [-0.25, -0.2) is 9.59 Å². The third-order valence-electron chi connectivity index (χ3n) is 17.3. The molecule has 350 valence electrons. The molecule has 1 aromatic rings. The molecule has 5 aliphatic rings. The van der Waals surface area contributed by atoms with Crippen LogP contribution in [0.1, 0.15) is 156 Å². The van der Waals surface area contributed by atoms with Crippen LogP contribution in [-0.2, 0) is 19.1 Å². The molecule has 0 aliphatic heterocycles. The Bertz CT molecular complexity index is 1960. The maximum atomic E-state index is 14.7. The number of fused-ring (bicyclic) bond motifs is 7. The molecule has 2 amide bonds. The Morgan fingerprint density at radius 2 is 1.46 bits per heavy atom. The molecule has 6 rings (SSSR count). The lowest BCUT2D eigenvalue weighted by Crippen LogP contribution is -2.66. The second-order valence-corrected chi connectivity index (χ2v) is 23.9. The minimum atomic E-state index is -0.919. The Morgan fingerprint density at radius 3 is 2.06 bits per heavy atom. The number of allylic oxidation sites excluding steroid dienone is 2. The minimum Gasteiger partial charge on any atom is -0.481 e. The van der Waals surface area contributed by atoms with E-state index >= 15 is 0 Å². The van der Waals surface area contributed by atoms with Gasteiger partial charge >= 0.3 is 18.0 Å². The van der Waals surface area contributed by atoms with Crippen molar-refractivity contribution in [2.24, 2.45) is 56.7 Å². The normalized spacial score (nSPS) is 33.4. The van der Waals surface area contributed by atoms with E-state index in [0.717, 1.165) is 63.4 Å². The minimum absolute atomic E-state index is 0.00326. The van der Waals surface area contributed by atoms with Crippen LogP contribution in [-0.4, -0.2) is 90.3 Å². The Labute approximate surface area is 379 Å². The molecule has 0 bridgehead atoms. The number of carboxylic acid groups (broad SMARTS) is 1. The summed E-state index contributed by atoms with van der Waals surface area (Å²) in [6.45, 7) is 30.4. The molecule has 2 N–H and O–H groups in total. The zero-order valence-corrected chi connectivity index (χ0v) is 41.2. The van der Waals surface area contributed by atoms with Crippen LogP contribution >= 0.6 is 0 Å². The fraction of sp³-hybridized carbons (Fsp3) is 0.736. The average molecular weight is 872 g/mol. The average Bonchev–Trinajstić information content (AvgIpc) is 3.56. The second-order valence-electron chi connectivity index (χ2n) is 23.9. The van der Waals surface area contributed by atoms with Crippen LogP contribution in [0, 0.1) is 56.7 Å². The van der Waals surface area contributed by atoms with Crippen LogP contribution in [0.3, 0.4) is 0 Å². The van der Waals surface area contributed by atoms with E-state index in [0.29, 0.717) is 37.0 Å². The van der Waals surface area contributed by atoms with Crippen LogP contribution in [0.4, 0.5) is 4.79 Å². The summed E-state index contributed by atoms with van der Waals surface area (Å²) in [5, 5.41) is 12.6. The maximum Gasteiger partial charge on any atom is 0.410 e. The molecule has 0 aromatic heterocycles. The van der Waals surface area contributed by atoms with Gasteiger partial charge in [0.15, 0.2) is 0 Å². The van der Waals surface area contributed by atoms with Gasteiger partial charge in [0, 0.05) is 26.2 Å². The highest BCUT2D eigenvalue weighted by Gasteiger charge is 2.71. The van der Waals surface area contributed by atoms with E-state index in [1.165, 1.54) is 11.1 Å². The van der Waals surface area contributed by atoms with Crippen LogP contribution < -0.4 is 5.32 Å². The molecule has 1 aromatic carbocycles. The van der Waals surface area contributed by atoms with E-state index in [-0.39, 0.29) is 70.3 Å². The van der Waals surface area contributed by atoms with Crippen LogP contribution in [0.5, 0.6) is 0 Å². The number of carboxylic acids is 1. The van der Waals surface area contributed by atoms with Crippen molar-refractivity contribution >= 4 is 29.5 Å². The van der Waals surface area contributed by atoms with E-state index < -0.39 is 22.6 Å². The molecule has 0 radical (unpaired) electrons. The van der Waals surface area contributed by atoms with Crippen molar-refractivity contribution in [1.82, 2.24) is 15.1 Å². The highest BCUT2D eigenvalue weighted by Crippen LogP contribution is 2.77. The van der Waals surface area contributed by atoms with Gasteiger partial charge in [0.2, 0.25) is 5.91 Å². The molecule has 4 saturated carbocycles. The first-order valence-corrected chi connectivity index (χ1v) is 23.9. The summed E-state index contributed by atoms with van der Waals surface area (Å²) in [5.41, 5.74) is 2.26. The number of esters is 1. The van der Waals surface area contributed by atoms with Crippen LogP contribution in [0.25, 0.3) is 5.57 Å². The molecule has 10 heteroatoms. The Balaban J connectivity index is 1.32. The third-order valence-corrected chi connectivity index (χ3v) is 17.3. The number of likely N-dealkylation sites (N-methyl/N-ethyl adjacent to an activating group) is 1. The summed E-state index contributed by atoms with van der Waals surface area (Å²) in [6, 6.07) is 8.02. The van der Waals surface area contributed by atoms with Gasteiger partial charge in [0.1, 0.15) is 11.2 Å². The fourth-order valence-electron chi connectivity index (χ4n) is 14.4. The fourth-order valence-corrected chi connectivity index (χ4v) is 14.4. The van der Waals surface area contributed by atoms with Crippen molar-refractivity contribution in [1.29, 1.82) is 0 Å². The van der Waals surface area contributed by atoms with Crippen LogP contribution in [0.2, 0.25) is 0 Å². The first kappa shape index (κ1) is 48.8. The monoisotopic (exact) mass is 872 g/mol. The zero-order chi connectivity index (χ0) is 46.7. The number of rotatable bonds is 12. The van der Waals surface area contributed by atoms with Gasteiger partial charge in [-0.2, -0.15) is 0 Å². The number of benzene rings is 1. The number of nitrogens with zero attached hydrogens (tertiary/aromatic N) is 2. The highest BCUT2D eigenvalue weighted by atomic mass is 16.6. The number of hydrogen-bond donors (Lipinski definition) is 2. The Kier molecular flexibility index (Phi) is 13.4. The van der Waals surface area contributed by atoms with Crippen molar-refractivity contribution in [3.05, 3.63) is 53.6 Å². The first-order valence-electron chi connectivity index (χ1n) is 23.9. The van der Waals surface area contributed by atoms with Crippen molar-refractivity contribution in [2.75, 3.05) is 40.3 Å². The number of nitrogens with one attached hydrogen (secondary N) is 1. The molecule has 9 atom stereocenters. The molecule has 0 spiro atoms. The Hall–Kier alpha value is -3.66. The van der Waals surface area contributed by atoms with Gasteiger partial charge in [-0.3, -0.25) is 9.59 Å². The predicted molar refractivity (Wildman–Crippen MR) is 250 cm³/mol. The van der Waals surface area contributed by atoms with Gasteiger partial charge in [0.25, 0.3) is 0 Å². The Morgan fingerprint density at radius 1 is 0.810 bits per heavy atom. The molecule has 0 heterocycles. The summed E-state index contributed by atoms with van der Waals surface area (Å²) in [4.78, 5) is 56.7. The van der Waals surface area contributed by atoms with E-state index in [2.05, 4.69) is 63.0 Å². The summed E-state index contributed by atoms with van der Waals surface area (Å²) >= 11 is 0. The first-order chi connectivity index (χ1) is 29.1. The van der Waals surface area contributed by atoms with E-state index in [9.17, 15) is 24.3 Å². The second kappa shape index (κ2) is 17.3. The molecule has 63 heavy (non-hydrogen) atoms. The number of carbonyl (C=O) groups is 4. The molecule has 0 saturated heterocycles. The number of carbonyl (C=O) groups excluding carboxylic acids is 3. The van der Waals surface area contributed by atoms with Gasteiger partial charge in [-0.15, -0.1) is 0 Å². The van der Waals surface area contributed by atoms with Gasteiger partial charge in [-0.1, -0.05) is 65.0 Å². The third kappa shape index (κ3) is 9.14. The summed E-state index contributed by atoms with van der Waals surface area (Å²) < 4.78 is 11.6. The summed E-state index contributed by atoms with van der Waals surface area (Å²) in [7, 11) is 4.00. The van der Waals surface area contributed by atoms with Crippen molar-refractivity contribution < 1.29 is 33.8 Å². The van der Waals surface area contributed by atoms with Crippen LogP contribution in [0.15, 0.2) is 42.5 Å². The highest BCUT2D eigenvalue weighted by molar-refractivity contribution is 5.90. The maximum absolute atomic E-state index is 14.7. The molecular formula is C53H81N3O7. The summed E-state index contributed by atoms with van der Waals surface area (Å²) in [5.74, 6) is 0.0749.